The number of nitriles is 1. The van der Waals surface area contributed by atoms with Gasteiger partial charge in [0.05, 0.1) is 97.4 Å². The van der Waals surface area contributed by atoms with E-state index in [1.54, 1.807) is 52.7 Å². The number of benzene rings is 4. The number of amides is 8. The lowest BCUT2D eigenvalue weighted by atomic mass is 9.68. The van der Waals surface area contributed by atoms with Gasteiger partial charge < -0.3 is 43.9 Å². The minimum absolute atomic E-state index is 0.0134. The molecule has 28 nitrogen and oxygen atoms in total. The molecule has 148 heavy (non-hydrogen) atoms. The number of urea groups is 4. The van der Waals surface area contributed by atoms with Crippen molar-refractivity contribution in [3.63, 3.8) is 0 Å². The van der Waals surface area contributed by atoms with E-state index in [9.17, 15) is 43.6 Å². The summed E-state index contributed by atoms with van der Waals surface area (Å²) in [6.07, 6.45) is 40.9. The van der Waals surface area contributed by atoms with Crippen LogP contribution in [0.1, 0.15) is 231 Å². The van der Waals surface area contributed by atoms with Gasteiger partial charge in [-0.2, -0.15) is 10.2 Å². The maximum atomic E-state index is 13.8. The lowest BCUT2D eigenvalue weighted by Crippen LogP contribution is -2.56. The summed E-state index contributed by atoms with van der Waals surface area (Å²) in [5.41, 5.74) is 6.72. The molecule has 8 aliphatic carbocycles. The minimum Gasteiger partial charge on any atom is -0.481 e. The van der Waals surface area contributed by atoms with E-state index in [-0.39, 0.29) is 143 Å². The van der Waals surface area contributed by atoms with Crippen LogP contribution in [0.25, 0.3) is 0 Å². The van der Waals surface area contributed by atoms with Crippen molar-refractivity contribution < 1.29 is 43.1 Å². The molecule has 0 bridgehead atoms. The van der Waals surface area contributed by atoms with Crippen LogP contribution in [0.5, 0.6) is 5.88 Å². The Morgan fingerprint density at radius 2 is 0.716 bits per heavy atom. The second kappa shape index (κ2) is 47.2. The van der Waals surface area contributed by atoms with Gasteiger partial charge in [0, 0.05) is 115 Å². The average molecular weight is 2050 g/mol. The van der Waals surface area contributed by atoms with E-state index in [0.717, 1.165) is 150 Å². The molecule has 788 valence electrons. The van der Waals surface area contributed by atoms with Gasteiger partial charge in [0.15, 0.2) is 23.1 Å². The first-order valence-electron chi connectivity index (χ1n) is 54.2. The van der Waals surface area contributed by atoms with E-state index in [1.807, 2.05) is 58.8 Å². The van der Waals surface area contributed by atoms with Crippen LogP contribution >= 0.6 is 23.5 Å². The number of carbonyl (C=O) groups is 8. The van der Waals surface area contributed by atoms with E-state index in [2.05, 4.69) is 253 Å². The van der Waals surface area contributed by atoms with E-state index < -0.39 is 0 Å². The SMILES string of the molecule is CN(C)C1(c2ccccc2)CCC2(CC1)CN(CC(=O)Cc1ncncc1C#N)C(=O)N2CC1CCC1.COc1ccnc(CC(=O)CN2CC3(CCC(c4ccccc4)(N(C)C)CC3)N(CC3CCC3)C2=O)n1.CSc1ccc(CC(=O)CN2CC3(CCC(c4ccccc4)(N(C)C)CC3)N(CC3CCC3)C2=O)nc1.CSc1cccc(CC(=O)CN2CC3(CCC(c4ccccc4)(N(C)C)CC3)N(CC3CCC3)C2=O)n1. The molecule has 20 rings (SSSR count). The van der Waals surface area contributed by atoms with E-state index in [0.29, 0.717) is 72.8 Å². The molecule has 4 aliphatic heterocycles. The molecule has 0 N–H and O–H groups in total. The number of hydrogen-bond acceptors (Lipinski definition) is 22. The zero-order valence-corrected chi connectivity index (χ0v) is 90.9. The number of Topliss-reactive ketones (excluding diaryl/α,β-unsaturated/α-hetero) is 4. The quantitative estimate of drug-likeness (QED) is 0.0333. The fourth-order valence-corrected chi connectivity index (χ4v) is 27.1. The van der Waals surface area contributed by atoms with Crippen molar-refractivity contribution in [2.24, 2.45) is 23.7 Å². The molecule has 12 aliphatic rings. The molecule has 8 aromatic rings. The summed E-state index contributed by atoms with van der Waals surface area (Å²) in [5, 5.41) is 10.2. The maximum Gasteiger partial charge on any atom is 0.321 e. The van der Waals surface area contributed by atoms with Crippen molar-refractivity contribution in [1.82, 2.24) is 88.7 Å². The van der Waals surface area contributed by atoms with Crippen molar-refractivity contribution in [1.29, 1.82) is 5.26 Å². The number of ketones is 4. The molecule has 8 heterocycles. The number of thioether (sulfide) groups is 2. The number of ether oxygens (including phenoxy) is 1. The summed E-state index contributed by atoms with van der Waals surface area (Å²) in [6.45, 7) is 6.25. The Kier molecular flexibility index (Phi) is 34.5. The Morgan fingerprint density at radius 3 is 1.01 bits per heavy atom. The smallest absolute Gasteiger partial charge is 0.321 e. The van der Waals surface area contributed by atoms with Gasteiger partial charge in [-0.15, -0.1) is 23.5 Å². The number of nitrogens with zero attached hydrogens (tertiary/aromatic N) is 19. The van der Waals surface area contributed by atoms with Crippen LogP contribution in [0.4, 0.5) is 19.2 Å². The number of rotatable bonds is 35. The predicted octanol–water partition coefficient (Wildman–Crippen LogP) is 18.1. The zero-order valence-electron chi connectivity index (χ0n) is 89.2. The first kappa shape index (κ1) is 108. The highest BCUT2D eigenvalue weighted by Crippen LogP contribution is 2.56. The van der Waals surface area contributed by atoms with Crippen LogP contribution in [-0.4, -0.2) is 313 Å². The first-order valence-corrected chi connectivity index (χ1v) is 56.7. The van der Waals surface area contributed by atoms with E-state index in [4.69, 9.17) is 4.74 Å². The standard InChI is InChI=1S/2C30H40N4O2S.C29H36N6O2.C29H39N5O3/c1-32(2)30(24-11-5-4-6-12-24)17-15-29(16-18-30)22-33(28(36)34(29)20-23-9-7-10-23)21-26(35)19-25-13-8-14-27(31-25)37-3;1-32(2)30(24-10-5-4-6-11-24)16-14-29(15-17-30)22-33(28(36)34(29)20-23-8-7-9-23)21-26(35)18-25-12-13-27(37-3)19-31-25;1-33(2)29(24-9-4-3-5-10-24)13-11-28(12-14-29)20-34(27(37)35(28)18-22-7-6-8-22)19-25(36)15-26-23(16-30)17-31-21-32-26;1-32(2)29(23-10-5-4-6-11-23)15-13-28(14-16-29)21-33(27(36)34(28)19-22-8-7-9-22)20-24(35)18-25-30-17-12-26(31-25)37-3/h4-6,8,11-14,23H,7,9-10,15-22H2,1-3H3;4-6,10-13,19,23H,7-9,14-18,20-22H2,1-3H3;3-5,9-10,17,21-22H,6-8,11-15,18-20H2,1-2H3;4-6,10-12,17,22H,7-9,13-16,18-21H2,1-3H3. The molecular formula is C118H155N19O9S2. The summed E-state index contributed by atoms with van der Waals surface area (Å²) in [5.74, 6) is 3.16. The van der Waals surface area contributed by atoms with Crippen molar-refractivity contribution in [3.05, 3.63) is 233 Å². The summed E-state index contributed by atoms with van der Waals surface area (Å²) in [4.78, 5) is 159. The van der Waals surface area contributed by atoms with E-state index in [1.165, 1.54) is 112 Å². The molecule has 30 heteroatoms. The van der Waals surface area contributed by atoms with Gasteiger partial charge in [0.2, 0.25) is 5.88 Å². The zero-order chi connectivity index (χ0) is 104. The molecule has 4 spiro atoms. The van der Waals surface area contributed by atoms with Crippen LogP contribution in [-0.2, 0) is 67.0 Å². The summed E-state index contributed by atoms with van der Waals surface area (Å²) in [6, 6.07) is 56.7. The number of methoxy groups -OCH3 is 1. The third-order valence-corrected chi connectivity index (χ3v) is 37.7. The molecule has 8 saturated carbocycles. The van der Waals surface area contributed by atoms with Crippen LogP contribution in [0.15, 0.2) is 193 Å². The van der Waals surface area contributed by atoms with Crippen molar-refractivity contribution in [2.45, 2.75) is 260 Å². The Hall–Kier alpha value is -11.1. The van der Waals surface area contributed by atoms with Crippen LogP contribution in [0.3, 0.4) is 0 Å². The van der Waals surface area contributed by atoms with Crippen LogP contribution < -0.4 is 4.74 Å². The molecule has 8 amide bonds. The molecule has 4 aromatic heterocycles. The average Bonchev–Trinajstić information content (AvgIpc) is 1.34. The molecule has 0 radical (unpaired) electrons. The van der Waals surface area contributed by atoms with Gasteiger partial charge in [-0.1, -0.05) is 153 Å². The highest BCUT2D eigenvalue weighted by atomic mass is 32.2. The highest BCUT2D eigenvalue weighted by Gasteiger charge is 2.61. The summed E-state index contributed by atoms with van der Waals surface area (Å²) >= 11 is 3.21. The largest absolute Gasteiger partial charge is 0.481 e. The van der Waals surface area contributed by atoms with Gasteiger partial charge in [-0.05, 0) is 293 Å². The monoisotopic (exact) mass is 2050 g/mol. The van der Waals surface area contributed by atoms with Gasteiger partial charge in [-0.25, -0.2) is 39.1 Å². The second-order valence-corrected chi connectivity index (χ2v) is 47.2. The fourth-order valence-electron chi connectivity index (χ4n) is 26.4. The summed E-state index contributed by atoms with van der Waals surface area (Å²) < 4.78 is 5.16. The Labute approximate surface area is 885 Å². The molecule has 4 aromatic carbocycles. The number of pyridine rings is 2. The van der Waals surface area contributed by atoms with Crippen molar-refractivity contribution in [2.75, 3.05) is 155 Å². The van der Waals surface area contributed by atoms with Crippen molar-refractivity contribution >= 4 is 70.8 Å². The lowest BCUT2D eigenvalue weighted by molar-refractivity contribution is -0.119. The normalized spacial score (nSPS) is 26.1. The Bertz CT molecular complexity index is 5750. The molecule has 0 atom stereocenters. The Morgan fingerprint density at radius 1 is 0.378 bits per heavy atom. The highest BCUT2D eigenvalue weighted by molar-refractivity contribution is 7.98. The minimum atomic E-state index is -0.242. The third-order valence-electron chi connectivity index (χ3n) is 36.4. The topological polar surface area (TPSA) is 286 Å². The van der Waals surface area contributed by atoms with Crippen molar-refractivity contribution in [3.8, 4) is 11.9 Å². The predicted molar refractivity (Wildman–Crippen MR) is 578 cm³/mol. The summed E-state index contributed by atoms with van der Waals surface area (Å²) in [7, 11) is 18.9. The molecule has 12 fully saturated rings. The molecule has 0 unspecified atom stereocenters. The molecule has 4 saturated heterocycles. The lowest BCUT2D eigenvalue weighted by Gasteiger charge is -2.51. The first-order chi connectivity index (χ1) is 71.4. The number of aromatic nitrogens is 6. The Balaban J connectivity index is 0.000000135. The van der Waals surface area contributed by atoms with E-state index >= 15 is 0 Å². The van der Waals surface area contributed by atoms with Gasteiger partial charge >= 0.3 is 24.1 Å². The third kappa shape index (κ3) is 23.4. The number of carbonyl (C=O) groups excluding carboxylic acids is 8. The van der Waals surface area contributed by atoms with Crippen LogP contribution in [0.2, 0.25) is 0 Å². The van der Waals surface area contributed by atoms with Gasteiger partial charge in [0.1, 0.15) is 18.2 Å². The van der Waals surface area contributed by atoms with Gasteiger partial charge in [-0.3, -0.25) is 43.8 Å². The molecular weight excluding hydrogens is 1890 g/mol. The number of hydrogen-bond donors (Lipinski definition) is 0. The second-order valence-electron chi connectivity index (χ2n) is 45.5. The van der Waals surface area contributed by atoms with Gasteiger partial charge in [0.25, 0.3) is 0 Å². The van der Waals surface area contributed by atoms with Crippen LogP contribution in [0, 0.1) is 35.0 Å². The fraction of sp³-hybridized carbons (Fsp3) is 0.568. The maximum absolute atomic E-state index is 13.8.